The molecule has 0 amide bonds. The molecule has 0 aliphatic heterocycles. The van der Waals surface area contributed by atoms with Gasteiger partial charge in [-0.25, -0.2) is 14.0 Å². The fourth-order valence-corrected chi connectivity index (χ4v) is 2.29. The fourth-order valence-electron chi connectivity index (χ4n) is 2.29. The lowest BCUT2D eigenvalue weighted by Crippen LogP contribution is -2.19. The van der Waals surface area contributed by atoms with E-state index in [4.69, 9.17) is 14.2 Å². The zero-order valence-corrected chi connectivity index (χ0v) is 16.0. The van der Waals surface area contributed by atoms with Crippen LogP contribution in [-0.2, 0) is 25.7 Å². The van der Waals surface area contributed by atoms with E-state index in [0.29, 0.717) is 0 Å². The van der Waals surface area contributed by atoms with Gasteiger partial charge < -0.3 is 19.5 Å². The molecule has 1 N–H and O–H groups in total. The Morgan fingerprint density at radius 1 is 0.966 bits per heavy atom. The van der Waals surface area contributed by atoms with Gasteiger partial charge in [-0.3, -0.25) is 0 Å². The first-order valence-electron chi connectivity index (χ1n) is 8.93. The molecule has 0 unspecified atom stereocenters. The molecule has 0 aromatic heterocycles. The third-order valence-electron chi connectivity index (χ3n) is 3.64. The van der Waals surface area contributed by atoms with Gasteiger partial charge in [-0.1, -0.05) is 30.3 Å². The Kier molecular flexibility index (Phi) is 8.14. The number of carbonyl (C=O) groups excluding carboxylic acids is 2. The number of nitrogens with one attached hydrogen (secondary N) is 1. The molecule has 0 heterocycles. The van der Waals surface area contributed by atoms with Crippen LogP contribution >= 0.6 is 0 Å². The minimum absolute atomic E-state index is 0.0117. The van der Waals surface area contributed by atoms with E-state index in [1.54, 1.807) is 38.1 Å². The Labute approximate surface area is 167 Å². The lowest BCUT2D eigenvalue weighted by molar-refractivity contribution is -0.146. The van der Waals surface area contributed by atoms with Gasteiger partial charge in [-0.2, -0.15) is 4.39 Å². The van der Waals surface area contributed by atoms with Crippen LogP contribution < -0.4 is 10.1 Å². The maximum Gasteiger partial charge on any atom is 0.347 e. The van der Waals surface area contributed by atoms with E-state index in [1.165, 1.54) is 6.07 Å². The van der Waals surface area contributed by atoms with E-state index in [9.17, 15) is 18.4 Å². The standard InChI is InChI=1S/C21H21F2NO5/c1-3-27-20(25)15(21(26)28-4-2)12-24-17-11-10-16(22)18(23)19(17)29-13-14-8-6-5-7-9-14/h5-12,24H,3-4,13H2,1-2H3. The molecule has 154 valence electrons. The highest BCUT2D eigenvalue weighted by atomic mass is 19.2. The van der Waals surface area contributed by atoms with Gasteiger partial charge in [0.2, 0.25) is 5.82 Å². The molecule has 0 saturated carbocycles. The van der Waals surface area contributed by atoms with Crippen LogP contribution in [0.25, 0.3) is 0 Å². The summed E-state index contributed by atoms with van der Waals surface area (Å²) in [7, 11) is 0. The summed E-state index contributed by atoms with van der Waals surface area (Å²) >= 11 is 0. The van der Waals surface area contributed by atoms with Crippen molar-refractivity contribution in [2.45, 2.75) is 20.5 Å². The summed E-state index contributed by atoms with van der Waals surface area (Å²) < 4.78 is 43.1. The highest BCUT2D eigenvalue weighted by Crippen LogP contribution is 2.31. The number of anilines is 1. The fraction of sp³-hybridized carbons (Fsp3) is 0.238. The maximum atomic E-state index is 14.3. The average Bonchev–Trinajstić information content (AvgIpc) is 2.71. The first-order chi connectivity index (χ1) is 14.0. The molecule has 0 radical (unpaired) electrons. The van der Waals surface area contributed by atoms with Crippen molar-refractivity contribution in [2.75, 3.05) is 18.5 Å². The number of benzene rings is 2. The third kappa shape index (κ3) is 6.03. The topological polar surface area (TPSA) is 73.9 Å². The van der Waals surface area contributed by atoms with E-state index in [1.807, 2.05) is 6.07 Å². The number of ether oxygens (including phenoxy) is 3. The van der Waals surface area contributed by atoms with E-state index in [2.05, 4.69) is 5.32 Å². The summed E-state index contributed by atoms with van der Waals surface area (Å²) in [6.45, 7) is 3.25. The Hall–Kier alpha value is -3.42. The van der Waals surface area contributed by atoms with Crippen molar-refractivity contribution in [3.8, 4) is 5.75 Å². The summed E-state index contributed by atoms with van der Waals surface area (Å²) in [5, 5.41) is 2.60. The lowest BCUT2D eigenvalue weighted by Gasteiger charge is -2.14. The van der Waals surface area contributed by atoms with Gasteiger partial charge in [0.05, 0.1) is 18.9 Å². The Balaban J connectivity index is 2.29. The molecular formula is C21H21F2NO5. The van der Waals surface area contributed by atoms with Crippen molar-refractivity contribution in [3.63, 3.8) is 0 Å². The molecule has 0 saturated heterocycles. The summed E-state index contributed by atoms with van der Waals surface area (Å²) in [5.74, 6) is -4.51. The molecule has 0 aliphatic rings. The van der Waals surface area contributed by atoms with Crippen LogP contribution in [0.15, 0.2) is 54.2 Å². The number of halogens is 2. The molecule has 2 aromatic rings. The van der Waals surface area contributed by atoms with Crippen LogP contribution in [0, 0.1) is 11.6 Å². The molecule has 0 fully saturated rings. The van der Waals surface area contributed by atoms with Gasteiger partial charge in [-0.05, 0) is 31.5 Å². The van der Waals surface area contributed by atoms with E-state index < -0.39 is 34.9 Å². The van der Waals surface area contributed by atoms with E-state index in [-0.39, 0.29) is 25.5 Å². The molecule has 2 aromatic carbocycles. The zero-order valence-electron chi connectivity index (χ0n) is 16.0. The molecule has 0 bridgehead atoms. The van der Waals surface area contributed by atoms with Crippen LogP contribution in [-0.4, -0.2) is 25.2 Å². The Bertz CT molecular complexity index is 864. The van der Waals surface area contributed by atoms with Crippen LogP contribution in [0.2, 0.25) is 0 Å². The normalized spacial score (nSPS) is 10.1. The molecule has 0 spiro atoms. The summed E-state index contributed by atoms with van der Waals surface area (Å²) in [4.78, 5) is 24.0. The lowest BCUT2D eigenvalue weighted by atomic mass is 10.2. The first-order valence-corrected chi connectivity index (χ1v) is 8.93. The summed E-state index contributed by atoms with van der Waals surface area (Å²) in [5.41, 5.74) is 0.342. The van der Waals surface area contributed by atoms with Gasteiger partial charge in [-0.15, -0.1) is 0 Å². The van der Waals surface area contributed by atoms with Gasteiger partial charge in [0.15, 0.2) is 17.1 Å². The van der Waals surface area contributed by atoms with Gasteiger partial charge in [0.1, 0.15) is 6.61 Å². The summed E-state index contributed by atoms with van der Waals surface area (Å²) in [6, 6.07) is 11.0. The second-order valence-corrected chi connectivity index (χ2v) is 5.66. The van der Waals surface area contributed by atoms with Gasteiger partial charge in [0.25, 0.3) is 0 Å². The molecule has 2 rings (SSSR count). The first kappa shape index (κ1) is 21.9. The number of hydrogen-bond donors (Lipinski definition) is 1. The third-order valence-corrected chi connectivity index (χ3v) is 3.64. The van der Waals surface area contributed by atoms with Crippen LogP contribution in [0.4, 0.5) is 14.5 Å². The van der Waals surface area contributed by atoms with Crippen molar-refractivity contribution in [2.24, 2.45) is 0 Å². The van der Waals surface area contributed by atoms with Crippen molar-refractivity contribution < 1.29 is 32.6 Å². The van der Waals surface area contributed by atoms with Gasteiger partial charge >= 0.3 is 11.9 Å². The number of esters is 2. The largest absolute Gasteiger partial charge is 0.484 e. The van der Waals surface area contributed by atoms with Crippen molar-refractivity contribution >= 4 is 17.6 Å². The smallest absolute Gasteiger partial charge is 0.347 e. The van der Waals surface area contributed by atoms with Crippen molar-refractivity contribution in [3.05, 3.63) is 71.4 Å². The SMILES string of the molecule is CCOC(=O)C(=CNc1ccc(F)c(F)c1OCc1ccccc1)C(=O)OCC. The molecule has 29 heavy (non-hydrogen) atoms. The predicted molar refractivity (Wildman–Crippen MR) is 102 cm³/mol. The Morgan fingerprint density at radius 3 is 2.17 bits per heavy atom. The minimum atomic E-state index is -1.20. The molecular weight excluding hydrogens is 384 g/mol. The predicted octanol–water partition coefficient (Wildman–Crippen LogP) is 3.97. The summed E-state index contributed by atoms with van der Waals surface area (Å²) in [6.07, 6.45) is 1.01. The monoisotopic (exact) mass is 405 g/mol. The second kappa shape index (κ2) is 10.8. The molecule has 8 heteroatoms. The van der Waals surface area contributed by atoms with E-state index in [0.717, 1.165) is 17.8 Å². The number of carbonyl (C=O) groups is 2. The van der Waals surface area contributed by atoms with Crippen LogP contribution in [0.3, 0.4) is 0 Å². The van der Waals surface area contributed by atoms with Crippen molar-refractivity contribution in [1.82, 2.24) is 0 Å². The second-order valence-electron chi connectivity index (χ2n) is 5.66. The zero-order chi connectivity index (χ0) is 21.2. The molecule has 6 nitrogen and oxygen atoms in total. The van der Waals surface area contributed by atoms with E-state index >= 15 is 0 Å². The highest BCUT2D eigenvalue weighted by molar-refractivity contribution is 6.14. The van der Waals surface area contributed by atoms with Gasteiger partial charge in [0, 0.05) is 6.20 Å². The average molecular weight is 405 g/mol. The quantitative estimate of drug-likeness (QED) is 0.295. The maximum absolute atomic E-state index is 14.3. The Morgan fingerprint density at radius 2 is 1.59 bits per heavy atom. The van der Waals surface area contributed by atoms with Crippen LogP contribution in [0.5, 0.6) is 5.75 Å². The minimum Gasteiger partial charge on any atom is -0.484 e. The molecule has 0 atom stereocenters. The number of hydrogen-bond acceptors (Lipinski definition) is 6. The van der Waals surface area contributed by atoms with Crippen molar-refractivity contribution in [1.29, 1.82) is 0 Å². The number of rotatable bonds is 9. The molecule has 0 aliphatic carbocycles. The van der Waals surface area contributed by atoms with Crippen LogP contribution in [0.1, 0.15) is 19.4 Å². The highest BCUT2D eigenvalue weighted by Gasteiger charge is 2.22.